The van der Waals surface area contributed by atoms with Crippen LogP contribution < -0.4 is 19.7 Å². The lowest BCUT2D eigenvalue weighted by Crippen LogP contribution is -2.30. The van der Waals surface area contributed by atoms with Crippen LogP contribution in [0.5, 0.6) is 0 Å². The van der Waals surface area contributed by atoms with Gasteiger partial charge in [0, 0.05) is 32.2 Å². The fraction of sp³-hybridized carbons (Fsp3) is 0.136. The van der Waals surface area contributed by atoms with E-state index in [1.807, 2.05) is 16.9 Å². The second-order valence-corrected chi connectivity index (χ2v) is 19.1. The lowest BCUT2D eigenvalue weighted by atomic mass is 10.1. The zero-order chi connectivity index (χ0) is 54.8. The van der Waals surface area contributed by atoms with Crippen LogP contribution in [0.4, 0.5) is 49.1 Å². The number of para-hydroxylation sites is 2. The molecule has 388 valence electrons. The molecule has 0 aliphatic rings. The third kappa shape index (κ3) is 15.1. The zero-order valence-corrected chi connectivity index (χ0v) is 42.0. The number of carboxylic acids is 1. The van der Waals surface area contributed by atoms with E-state index >= 15 is 0 Å². The number of benzene rings is 4. The van der Waals surface area contributed by atoms with Crippen LogP contribution in [0.1, 0.15) is 52.8 Å². The molecule has 0 unspecified atom stereocenters. The molecule has 6 aromatic rings. The first kappa shape index (κ1) is 58.7. The lowest BCUT2D eigenvalue weighted by molar-refractivity contribution is -0.138. The van der Waals surface area contributed by atoms with Gasteiger partial charge in [-0.15, -0.1) is 0 Å². The molecule has 0 fully saturated rings. The van der Waals surface area contributed by atoms with Gasteiger partial charge in [-0.1, -0.05) is 70.7 Å². The number of aromatic nitrogens is 2. The summed E-state index contributed by atoms with van der Waals surface area (Å²) in [6, 6.07) is 19.2. The van der Waals surface area contributed by atoms with Crippen molar-refractivity contribution in [2.24, 2.45) is 0 Å². The highest BCUT2D eigenvalue weighted by atomic mass is 35.5. The smallest absolute Gasteiger partial charge is 0.417 e. The Morgan fingerprint density at radius 3 is 1.45 bits per heavy atom. The molecule has 6 rings (SSSR count). The van der Waals surface area contributed by atoms with Gasteiger partial charge in [-0.3, -0.25) is 14.2 Å². The summed E-state index contributed by atoms with van der Waals surface area (Å²) in [7, 11) is -3.60. The average Bonchev–Trinajstić information content (AvgIpc) is 3.32. The Morgan fingerprint density at radius 2 is 1.01 bits per heavy atom. The molecular formula is C44H34Cl4F6N6O11S2. The van der Waals surface area contributed by atoms with Crippen LogP contribution in [0, 0.1) is 0 Å². The maximum atomic E-state index is 13.3. The number of anilines is 4. The maximum absolute atomic E-state index is 13.3. The third-order valence-electron chi connectivity index (χ3n) is 9.29. The molecule has 73 heavy (non-hydrogen) atoms. The van der Waals surface area contributed by atoms with Crippen LogP contribution in [0.15, 0.2) is 119 Å². The monoisotopic (exact) mass is 1140 g/mol. The predicted octanol–water partition coefficient (Wildman–Crippen LogP) is 10.7. The second-order valence-electron chi connectivity index (χ2n) is 14.1. The van der Waals surface area contributed by atoms with E-state index in [1.54, 1.807) is 31.3 Å². The number of esters is 2. The van der Waals surface area contributed by atoms with Crippen LogP contribution in [0.3, 0.4) is 0 Å². The molecule has 2 aromatic heterocycles. The SMILES string of the molecule is CNc1ccccc1C(=O)OC.COC(=O)c1ccccc1N(C)C(=O)c1ncc(Cl)cc1NS(=O)(=O)c1ccc(Cl)c(C(F)(F)F)c1.O=C(O)c1ncc(Cl)cc1NS(=O)(=O)c1ccc(Cl)c(C(F)(F)F)c1. The Hall–Kier alpha value is -6.90. The Balaban J connectivity index is 0.000000268. The van der Waals surface area contributed by atoms with Crippen LogP contribution in [0.25, 0.3) is 0 Å². The van der Waals surface area contributed by atoms with E-state index in [-0.39, 0.29) is 27.3 Å². The first-order valence-electron chi connectivity index (χ1n) is 19.6. The van der Waals surface area contributed by atoms with Crippen molar-refractivity contribution >= 4 is 113 Å². The molecule has 29 heteroatoms. The van der Waals surface area contributed by atoms with Crippen molar-refractivity contribution in [2.45, 2.75) is 22.1 Å². The van der Waals surface area contributed by atoms with Crippen molar-refractivity contribution in [3.8, 4) is 0 Å². The number of carbonyl (C=O) groups is 4. The van der Waals surface area contributed by atoms with Crippen molar-refractivity contribution in [2.75, 3.05) is 48.0 Å². The number of rotatable bonds is 12. The van der Waals surface area contributed by atoms with Gasteiger partial charge in [0.1, 0.15) is 0 Å². The summed E-state index contributed by atoms with van der Waals surface area (Å²) in [6.45, 7) is 0. The normalized spacial score (nSPS) is 11.4. The Kier molecular flexibility index (Phi) is 19.5. The minimum absolute atomic E-state index is 0.0489. The van der Waals surface area contributed by atoms with Gasteiger partial charge in [-0.2, -0.15) is 26.3 Å². The first-order valence-corrected chi connectivity index (χ1v) is 24.1. The molecule has 2 heterocycles. The third-order valence-corrected chi connectivity index (χ3v) is 13.1. The van der Waals surface area contributed by atoms with E-state index in [0.29, 0.717) is 17.7 Å². The summed E-state index contributed by atoms with van der Waals surface area (Å²) in [5.74, 6) is -3.45. The van der Waals surface area contributed by atoms with E-state index in [4.69, 9.17) is 56.2 Å². The molecule has 1 amide bonds. The van der Waals surface area contributed by atoms with Crippen molar-refractivity contribution in [3.05, 3.63) is 163 Å². The van der Waals surface area contributed by atoms with Gasteiger partial charge in [0.2, 0.25) is 0 Å². The lowest BCUT2D eigenvalue weighted by Gasteiger charge is -2.21. The summed E-state index contributed by atoms with van der Waals surface area (Å²) in [6.07, 6.45) is -7.72. The summed E-state index contributed by atoms with van der Waals surface area (Å²) < 4.78 is 142. The number of ether oxygens (including phenoxy) is 2. The molecule has 0 saturated heterocycles. The first-order chi connectivity index (χ1) is 34.0. The van der Waals surface area contributed by atoms with Crippen LogP contribution in [-0.4, -0.2) is 84.0 Å². The van der Waals surface area contributed by atoms with Gasteiger partial charge < -0.3 is 24.8 Å². The predicted molar refractivity (Wildman–Crippen MR) is 258 cm³/mol. The van der Waals surface area contributed by atoms with Gasteiger partial charge in [0.25, 0.3) is 26.0 Å². The molecular weight excluding hydrogens is 1110 g/mol. The highest BCUT2D eigenvalue weighted by molar-refractivity contribution is 7.93. The largest absolute Gasteiger partial charge is 0.476 e. The molecule has 0 aliphatic carbocycles. The Bertz CT molecular complexity index is 3300. The number of halogens is 10. The number of amides is 1. The highest BCUT2D eigenvalue weighted by Gasteiger charge is 2.36. The van der Waals surface area contributed by atoms with E-state index in [0.717, 1.165) is 66.5 Å². The summed E-state index contributed by atoms with van der Waals surface area (Å²) >= 11 is 22.6. The van der Waals surface area contributed by atoms with Crippen molar-refractivity contribution in [1.29, 1.82) is 0 Å². The number of sulfonamides is 2. The van der Waals surface area contributed by atoms with E-state index < -0.39 is 104 Å². The number of aromatic carboxylic acids is 1. The van der Waals surface area contributed by atoms with Gasteiger partial charge in [-0.25, -0.2) is 41.2 Å². The quantitative estimate of drug-likeness (QED) is 0.0658. The number of methoxy groups -OCH3 is 2. The highest BCUT2D eigenvalue weighted by Crippen LogP contribution is 2.38. The Labute approximate surface area is 431 Å². The van der Waals surface area contributed by atoms with Gasteiger partial charge in [-0.05, 0) is 72.8 Å². The summed E-state index contributed by atoms with van der Waals surface area (Å²) in [5.41, 5.74) is -3.19. The summed E-state index contributed by atoms with van der Waals surface area (Å²) in [4.78, 5) is 54.4. The molecule has 0 aliphatic heterocycles. The molecule has 4 aromatic carbocycles. The van der Waals surface area contributed by atoms with Crippen molar-refractivity contribution < 1.29 is 76.9 Å². The standard InChI is InChI=1S/C22H16Cl2F3N3O5S.C13H7Cl2F3N2O4S.C9H11NO2/c1-30(18-6-4-3-5-14(18)21(32)35-2)20(31)19-17(9-12(23)11-28-19)29-36(33,34)13-7-8-16(24)15(10-13)22(25,26)27;14-6-3-10(11(12(21)22)19-5-6)20-25(23,24)7-1-2-9(15)8(4-7)13(16,17)18;1-10-8-6-4-3-5-7(8)9(11)12-2/h3-11,29H,1-2H3;1-5,20H,(H,21,22);3-6,10H,1-2H3. The number of hydrogen-bond acceptors (Lipinski definition) is 13. The number of carboxylic acid groups (broad SMARTS) is 1. The molecule has 0 atom stereocenters. The van der Waals surface area contributed by atoms with Crippen molar-refractivity contribution in [1.82, 2.24) is 9.97 Å². The van der Waals surface area contributed by atoms with Crippen LogP contribution in [-0.2, 0) is 41.9 Å². The van der Waals surface area contributed by atoms with E-state index in [1.165, 1.54) is 26.3 Å². The number of pyridine rings is 2. The zero-order valence-electron chi connectivity index (χ0n) is 37.4. The topological polar surface area (TPSA) is 240 Å². The van der Waals surface area contributed by atoms with E-state index in [9.17, 15) is 62.4 Å². The van der Waals surface area contributed by atoms with Gasteiger partial charge in [0.15, 0.2) is 11.4 Å². The Morgan fingerprint density at radius 1 is 0.603 bits per heavy atom. The molecule has 0 radical (unpaired) electrons. The van der Waals surface area contributed by atoms with Crippen LogP contribution in [0.2, 0.25) is 20.1 Å². The minimum Gasteiger partial charge on any atom is -0.476 e. The molecule has 0 saturated carbocycles. The number of nitrogens with one attached hydrogen (secondary N) is 3. The number of carbonyl (C=O) groups excluding carboxylic acids is 3. The number of hydrogen-bond donors (Lipinski definition) is 4. The number of alkyl halides is 6. The fourth-order valence-electron chi connectivity index (χ4n) is 5.87. The molecule has 17 nitrogen and oxygen atoms in total. The fourth-order valence-corrected chi connectivity index (χ4v) is 8.80. The minimum atomic E-state index is -4.91. The maximum Gasteiger partial charge on any atom is 0.417 e. The van der Waals surface area contributed by atoms with E-state index in [2.05, 4.69) is 24.7 Å². The van der Waals surface area contributed by atoms with Crippen LogP contribution >= 0.6 is 46.4 Å². The summed E-state index contributed by atoms with van der Waals surface area (Å²) in [5, 5.41) is 10.4. The van der Waals surface area contributed by atoms with Gasteiger partial charge >= 0.3 is 30.3 Å². The van der Waals surface area contributed by atoms with Gasteiger partial charge in [0.05, 0.1) is 83.4 Å². The molecule has 0 spiro atoms. The second kappa shape index (κ2) is 24.2. The average molecular weight is 1140 g/mol. The molecule has 4 N–H and O–H groups in total. The molecule has 0 bridgehead atoms. The number of nitrogens with zero attached hydrogens (tertiary/aromatic N) is 3. The van der Waals surface area contributed by atoms with Crippen molar-refractivity contribution in [3.63, 3.8) is 0 Å².